The predicted octanol–water partition coefficient (Wildman–Crippen LogP) is 6.10. The maximum Gasteiger partial charge on any atom is 0.407 e. The normalized spacial score (nSPS) is 23.1. The van der Waals surface area contributed by atoms with Gasteiger partial charge >= 0.3 is 6.09 Å². The molecule has 3 N–H and O–H groups in total. The summed E-state index contributed by atoms with van der Waals surface area (Å²) in [5.41, 5.74) is 4.27. The van der Waals surface area contributed by atoms with Crippen molar-refractivity contribution in [2.24, 2.45) is 0 Å². The first-order valence-electron chi connectivity index (χ1n) is 14.6. The van der Waals surface area contributed by atoms with Gasteiger partial charge in [-0.25, -0.2) is 15.1 Å². The third-order valence-corrected chi connectivity index (χ3v) is 10.8. The minimum absolute atomic E-state index is 0.0459. The zero-order chi connectivity index (χ0) is 28.5. The Morgan fingerprint density at radius 1 is 0.976 bits per heavy atom. The number of carbonyl (C=O) groups is 3. The summed E-state index contributed by atoms with van der Waals surface area (Å²) in [5, 5.41) is 5.40. The van der Waals surface area contributed by atoms with E-state index in [-0.39, 0.29) is 35.5 Å². The second kappa shape index (κ2) is 14.5. The van der Waals surface area contributed by atoms with E-state index in [9.17, 15) is 14.4 Å². The fourth-order valence-corrected chi connectivity index (χ4v) is 8.44. The second-order valence-electron chi connectivity index (χ2n) is 10.9. The lowest BCUT2D eigenvalue weighted by Crippen LogP contribution is -2.37. The van der Waals surface area contributed by atoms with Crippen LogP contribution in [0.1, 0.15) is 75.5 Å². The molecule has 3 amide bonds. The highest BCUT2D eigenvalue weighted by Crippen LogP contribution is 2.51. The molecule has 0 spiro atoms. The van der Waals surface area contributed by atoms with Gasteiger partial charge in [0, 0.05) is 34.9 Å². The molecular weight excluding hydrogens is 562 g/mol. The lowest BCUT2D eigenvalue weighted by atomic mass is 9.94. The molecule has 1 aliphatic carbocycles. The summed E-state index contributed by atoms with van der Waals surface area (Å²) >= 11 is 3.54. The number of thioether (sulfide) groups is 1. The van der Waals surface area contributed by atoms with Crippen molar-refractivity contribution in [1.29, 1.82) is 0 Å². The third-order valence-electron chi connectivity index (χ3n) is 7.70. The first-order valence-corrected chi connectivity index (χ1v) is 16.4. The topological polar surface area (TPSA) is 115 Å². The lowest BCUT2D eigenvalue weighted by Gasteiger charge is -2.35. The molecule has 2 atom stereocenters. The SMILES string of the molecule is O=C(C[C@]1(c2ccc(-c3cccc(NC(=O)CNC(=O)OC4CCCC4)c3)s2)CCCCS1)NOC1CCCCO1. The number of hydrogen-bond donors (Lipinski definition) is 3. The van der Waals surface area contributed by atoms with Gasteiger partial charge in [-0.1, -0.05) is 18.6 Å². The van der Waals surface area contributed by atoms with Gasteiger partial charge < -0.3 is 20.1 Å². The van der Waals surface area contributed by atoms with Crippen LogP contribution in [0.4, 0.5) is 10.5 Å². The van der Waals surface area contributed by atoms with Gasteiger partial charge in [0.05, 0.1) is 4.75 Å². The van der Waals surface area contributed by atoms with Crippen LogP contribution >= 0.6 is 23.1 Å². The van der Waals surface area contributed by atoms with E-state index in [1.807, 2.05) is 36.0 Å². The van der Waals surface area contributed by atoms with Crippen molar-refractivity contribution >= 4 is 46.7 Å². The van der Waals surface area contributed by atoms with Gasteiger partial charge in [-0.3, -0.25) is 9.59 Å². The van der Waals surface area contributed by atoms with Crippen molar-refractivity contribution in [3.8, 4) is 10.4 Å². The van der Waals surface area contributed by atoms with Gasteiger partial charge in [0.2, 0.25) is 11.8 Å². The van der Waals surface area contributed by atoms with Crippen LogP contribution < -0.4 is 16.1 Å². The third kappa shape index (κ3) is 8.47. The zero-order valence-corrected chi connectivity index (χ0v) is 24.9. The Hall–Kier alpha value is -2.60. The van der Waals surface area contributed by atoms with E-state index in [1.165, 1.54) is 4.88 Å². The van der Waals surface area contributed by atoms with E-state index < -0.39 is 6.09 Å². The summed E-state index contributed by atoms with van der Waals surface area (Å²) in [4.78, 5) is 45.2. The Kier molecular flexibility index (Phi) is 10.6. The number of thiophene rings is 1. The molecular formula is C30H39N3O6S2. The van der Waals surface area contributed by atoms with Crippen molar-refractivity contribution in [1.82, 2.24) is 10.8 Å². The smallest absolute Gasteiger partial charge is 0.407 e. The Morgan fingerprint density at radius 2 is 1.83 bits per heavy atom. The fraction of sp³-hybridized carbons (Fsp3) is 0.567. The van der Waals surface area contributed by atoms with Gasteiger partial charge in [-0.15, -0.1) is 23.1 Å². The van der Waals surface area contributed by atoms with Gasteiger partial charge in [0.1, 0.15) is 12.6 Å². The van der Waals surface area contributed by atoms with E-state index in [0.717, 1.165) is 80.4 Å². The molecule has 11 heteroatoms. The first-order chi connectivity index (χ1) is 20.0. The number of alkyl carbamates (subject to hydrolysis) is 1. The minimum Gasteiger partial charge on any atom is -0.446 e. The Balaban J connectivity index is 1.18. The molecule has 1 aromatic heterocycles. The number of hydrogen-bond acceptors (Lipinski definition) is 8. The number of benzene rings is 1. The van der Waals surface area contributed by atoms with Crippen LogP contribution in [0.5, 0.6) is 0 Å². The van der Waals surface area contributed by atoms with Crippen LogP contribution in [-0.2, 0) is 28.6 Å². The molecule has 1 saturated carbocycles. The number of amides is 3. The van der Waals surface area contributed by atoms with Crippen LogP contribution in [0.15, 0.2) is 36.4 Å². The number of nitrogens with one attached hydrogen (secondary N) is 3. The second-order valence-corrected chi connectivity index (χ2v) is 13.4. The summed E-state index contributed by atoms with van der Waals surface area (Å²) in [6.07, 6.45) is 9.28. The van der Waals surface area contributed by atoms with Crippen molar-refractivity contribution in [2.45, 2.75) is 87.8 Å². The minimum atomic E-state index is -0.552. The average molecular weight is 602 g/mol. The van der Waals surface area contributed by atoms with E-state index >= 15 is 0 Å². The molecule has 3 heterocycles. The van der Waals surface area contributed by atoms with Gasteiger partial charge in [-0.2, -0.15) is 0 Å². The van der Waals surface area contributed by atoms with Gasteiger partial charge in [-0.05, 0) is 86.9 Å². The van der Waals surface area contributed by atoms with Crippen LogP contribution in [0.2, 0.25) is 0 Å². The maximum absolute atomic E-state index is 13.0. The highest BCUT2D eigenvalue weighted by atomic mass is 32.2. The quantitative estimate of drug-likeness (QED) is 0.282. The molecule has 0 radical (unpaired) electrons. The monoisotopic (exact) mass is 601 g/mol. The van der Waals surface area contributed by atoms with Crippen LogP contribution in [0.3, 0.4) is 0 Å². The molecule has 5 rings (SSSR count). The Morgan fingerprint density at radius 3 is 2.61 bits per heavy atom. The van der Waals surface area contributed by atoms with Gasteiger partial charge in [0.15, 0.2) is 6.29 Å². The number of carbonyl (C=O) groups excluding carboxylic acids is 3. The summed E-state index contributed by atoms with van der Waals surface area (Å²) in [6, 6.07) is 11.9. The fourth-order valence-electron chi connectivity index (χ4n) is 5.55. The summed E-state index contributed by atoms with van der Waals surface area (Å²) in [6.45, 7) is 0.506. The molecule has 41 heavy (non-hydrogen) atoms. The average Bonchev–Trinajstić information content (AvgIpc) is 3.70. The predicted molar refractivity (Wildman–Crippen MR) is 161 cm³/mol. The van der Waals surface area contributed by atoms with Crippen molar-refractivity contribution in [3.63, 3.8) is 0 Å². The summed E-state index contributed by atoms with van der Waals surface area (Å²) < 4.78 is 10.6. The standard InChI is InChI=1S/C30H39N3O6S2/c34-26(33-39-28-12-3-5-16-37-28)19-30(15-4-6-17-40-30)25-14-13-24(41-25)21-8-7-9-22(18-21)32-27(35)20-31-29(36)38-23-10-1-2-11-23/h7-9,13-14,18,23,28H,1-6,10-12,15-17,19-20H2,(H,31,36)(H,32,35)(H,33,34)/t28?,30-/m0/s1. The van der Waals surface area contributed by atoms with Crippen LogP contribution in [0.25, 0.3) is 10.4 Å². The number of hydroxylamine groups is 1. The van der Waals surface area contributed by atoms with Gasteiger partial charge in [0.25, 0.3) is 0 Å². The molecule has 3 fully saturated rings. The van der Waals surface area contributed by atoms with Crippen LogP contribution in [-0.4, -0.2) is 49.2 Å². The van der Waals surface area contributed by atoms with E-state index in [0.29, 0.717) is 18.7 Å². The first kappa shape index (κ1) is 29.9. The molecule has 2 aromatic rings. The van der Waals surface area contributed by atoms with E-state index in [4.69, 9.17) is 14.3 Å². The van der Waals surface area contributed by atoms with E-state index in [2.05, 4.69) is 28.2 Å². The van der Waals surface area contributed by atoms with Crippen molar-refractivity contribution < 1.29 is 28.7 Å². The Bertz CT molecular complexity index is 1190. The molecule has 1 aromatic carbocycles. The van der Waals surface area contributed by atoms with Crippen molar-refractivity contribution in [2.75, 3.05) is 24.2 Å². The lowest BCUT2D eigenvalue weighted by molar-refractivity contribution is -0.200. The molecule has 2 saturated heterocycles. The molecule has 0 bridgehead atoms. The highest BCUT2D eigenvalue weighted by molar-refractivity contribution is 8.00. The molecule has 1 unspecified atom stereocenters. The highest BCUT2D eigenvalue weighted by Gasteiger charge is 2.38. The van der Waals surface area contributed by atoms with Crippen molar-refractivity contribution in [3.05, 3.63) is 41.3 Å². The maximum atomic E-state index is 13.0. The molecule has 9 nitrogen and oxygen atoms in total. The largest absolute Gasteiger partial charge is 0.446 e. The summed E-state index contributed by atoms with van der Waals surface area (Å²) in [5.74, 6) is 0.562. The molecule has 2 aliphatic heterocycles. The molecule has 222 valence electrons. The van der Waals surface area contributed by atoms with Crippen LogP contribution in [0, 0.1) is 0 Å². The zero-order valence-electron chi connectivity index (χ0n) is 23.3. The summed E-state index contributed by atoms with van der Waals surface area (Å²) in [7, 11) is 0. The number of rotatable bonds is 10. The number of ether oxygens (including phenoxy) is 2. The Labute approximate surface area is 249 Å². The number of anilines is 1. The van der Waals surface area contributed by atoms with E-state index in [1.54, 1.807) is 11.3 Å². The molecule has 3 aliphatic rings.